The fourth-order valence-corrected chi connectivity index (χ4v) is 3.33. The number of likely N-dealkylation sites (tertiary alicyclic amines) is 1. The molecule has 0 bridgehead atoms. The van der Waals surface area contributed by atoms with Crippen molar-refractivity contribution < 1.29 is 9.53 Å². The number of benzene rings is 1. The maximum atomic E-state index is 12.2. The van der Waals surface area contributed by atoms with Gasteiger partial charge in [0.2, 0.25) is 0 Å². The highest BCUT2D eigenvalue weighted by Crippen LogP contribution is 2.12. The summed E-state index contributed by atoms with van der Waals surface area (Å²) in [5.41, 5.74) is 0.590. The van der Waals surface area contributed by atoms with Gasteiger partial charge < -0.3 is 25.6 Å². The molecule has 0 spiro atoms. The number of methoxy groups -OCH3 is 1. The molecule has 7 heteroatoms. The van der Waals surface area contributed by atoms with Gasteiger partial charge in [-0.05, 0) is 50.9 Å². The number of amides is 1. The molecule has 1 aromatic rings. The lowest BCUT2D eigenvalue weighted by Crippen LogP contribution is -2.49. The second-order valence-corrected chi connectivity index (χ2v) is 7.01. The molecule has 0 atom stereocenters. The summed E-state index contributed by atoms with van der Waals surface area (Å²) in [4.78, 5) is 19.4. The highest BCUT2D eigenvalue weighted by molar-refractivity contribution is 5.94. The number of carbonyl (C=O) groups excluding carboxylic acids is 1. The van der Waals surface area contributed by atoms with E-state index in [4.69, 9.17) is 4.74 Å². The number of aliphatic imine (C=N–C) groups is 1. The maximum absolute atomic E-state index is 12.2. The highest BCUT2D eigenvalue weighted by Gasteiger charge is 2.19. The average molecular weight is 390 g/mol. The Morgan fingerprint density at radius 3 is 2.71 bits per heavy atom. The summed E-state index contributed by atoms with van der Waals surface area (Å²) >= 11 is 0. The van der Waals surface area contributed by atoms with Gasteiger partial charge in [-0.3, -0.25) is 9.79 Å². The summed E-state index contributed by atoms with van der Waals surface area (Å²) in [6.07, 6.45) is 3.48. The Hall–Kier alpha value is -2.28. The molecule has 1 fully saturated rings. The summed E-state index contributed by atoms with van der Waals surface area (Å²) in [6, 6.07) is 7.59. The molecule has 0 radical (unpaired) electrons. The number of piperidine rings is 1. The Kier molecular flexibility index (Phi) is 9.62. The second-order valence-electron chi connectivity index (χ2n) is 7.01. The van der Waals surface area contributed by atoms with Crippen molar-refractivity contribution in [3.8, 4) is 5.75 Å². The van der Waals surface area contributed by atoms with Gasteiger partial charge in [-0.15, -0.1) is 0 Å². The van der Waals surface area contributed by atoms with Gasteiger partial charge in [-0.1, -0.05) is 13.0 Å². The van der Waals surface area contributed by atoms with Crippen molar-refractivity contribution >= 4 is 11.9 Å². The van der Waals surface area contributed by atoms with Gasteiger partial charge in [-0.2, -0.15) is 0 Å². The number of hydrogen-bond donors (Lipinski definition) is 3. The molecule has 0 aliphatic carbocycles. The minimum atomic E-state index is -0.115. The van der Waals surface area contributed by atoms with E-state index in [0.29, 0.717) is 30.4 Å². The molecule has 2 rings (SSSR count). The largest absolute Gasteiger partial charge is 0.497 e. The SMILES string of the molecule is CCCN1CCC(NC(=NCCNC(=O)c2cccc(OC)c2)NCC)CC1. The summed E-state index contributed by atoms with van der Waals surface area (Å²) < 4.78 is 5.16. The van der Waals surface area contributed by atoms with Gasteiger partial charge in [-0.25, -0.2) is 0 Å². The van der Waals surface area contributed by atoms with Crippen molar-refractivity contribution in [3.63, 3.8) is 0 Å². The minimum Gasteiger partial charge on any atom is -0.497 e. The molecule has 156 valence electrons. The summed E-state index contributed by atoms with van der Waals surface area (Å²) in [5.74, 6) is 1.39. The first-order valence-corrected chi connectivity index (χ1v) is 10.4. The standard InChI is InChI=1S/C21H35N5O2/c1-4-13-26-14-9-18(10-15-26)25-21(22-5-2)24-12-11-23-20(27)17-7-6-8-19(16-17)28-3/h6-8,16,18H,4-5,9-15H2,1-3H3,(H,23,27)(H2,22,24,25). The first-order valence-electron chi connectivity index (χ1n) is 10.4. The number of nitrogens with one attached hydrogen (secondary N) is 3. The zero-order valence-electron chi connectivity index (χ0n) is 17.5. The van der Waals surface area contributed by atoms with Crippen molar-refractivity contribution in [2.75, 3.05) is 46.4 Å². The molecule has 0 unspecified atom stereocenters. The van der Waals surface area contributed by atoms with E-state index in [0.717, 1.165) is 38.4 Å². The van der Waals surface area contributed by atoms with Crippen LogP contribution in [0, 0.1) is 0 Å². The number of rotatable bonds is 9. The quantitative estimate of drug-likeness (QED) is 0.341. The van der Waals surface area contributed by atoms with Gasteiger partial charge in [0.25, 0.3) is 5.91 Å². The average Bonchev–Trinajstić information content (AvgIpc) is 2.72. The Morgan fingerprint density at radius 2 is 2.04 bits per heavy atom. The Morgan fingerprint density at radius 1 is 1.25 bits per heavy atom. The van der Waals surface area contributed by atoms with Crippen LogP contribution in [-0.4, -0.2) is 69.2 Å². The molecular weight excluding hydrogens is 354 g/mol. The molecule has 1 heterocycles. The van der Waals surface area contributed by atoms with Crippen LogP contribution in [-0.2, 0) is 0 Å². The van der Waals surface area contributed by atoms with Crippen LogP contribution >= 0.6 is 0 Å². The van der Waals surface area contributed by atoms with E-state index in [1.807, 2.05) is 12.1 Å². The topological polar surface area (TPSA) is 78.0 Å². The minimum absolute atomic E-state index is 0.115. The van der Waals surface area contributed by atoms with Gasteiger partial charge >= 0.3 is 0 Å². The van der Waals surface area contributed by atoms with Crippen molar-refractivity contribution in [2.24, 2.45) is 4.99 Å². The van der Waals surface area contributed by atoms with Gasteiger partial charge in [0.1, 0.15) is 5.75 Å². The lowest BCUT2D eigenvalue weighted by molar-refractivity contribution is 0.0954. The number of ether oxygens (including phenoxy) is 1. The van der Waals surface area contributed by atoms with Crippen molar-refractivity contribution in [2.45, 2.75) is 39.2 Å². The Balaban J connectivity index is 1.76. The molecule has 1 aliphatic rings. The molecule has 3 N–H and O–H groups in total. The van der Waals surface area contributed by atoms with Crippen molar-refractivity contribution in [1.82, 2.24) is 20.9 Å². The van der Waals surface area contributed by atoms with Crippen LogP contribution in [0.1, 0.15) is 43.5 Å². The van der Waals surface area contributed by atoms with E-state index in [1.54, 1.807) is 19.2 Å². The van der Waals surface area contributed by atoms with Gasteiger partial charge in [0.05, 0.1) is 13.7 Å². The van der Waals surface area contributed by atoms with Crippen LogP contribution in [0.15, 0.2) is 29.3 Å². The number of carbonyl (C=O) groups is 1. The molecule has 1 aromatic carbocycles. The molecule has 0 saturated carbocycles. The lowest BCUT2D eigenvalue weighted by atomic mass is 10.1. The normalized spacial score (nSPS) is 15.9. The van der Waals surface area contributed by atoms with Crippen LogP contribution < -0.4 is 20.7 Å². The molecule has 7 nitrogen and oxygen atoms in total. The molecular formula is C21H35N5O2. The fourth-order valence-electron chi connectivity index (χ4n) is 3.33. The molecule has 1 saturated heterocycles. The summed E-state index contributed by atoms with van der Waals surface area (Å²) in [6.45, 7) is 9.59. The highest BCUT2D eigenvalue weighted by atomic mass is 16.5. The van der Waals surface area contributed by atoms with Crippen LogP contribution in [0.3, 0.4) is 0 Å². The number of nitrogens with zero attached hydrogens (tertiary/aromatic N) is 2. The van der Waals surface area contributed by atoms with Gasteiger partial charge in [0, 0.05) is 37.8 Å². The predicted octanol–water partition coefficient (Wildman–Crippen LogP) is 1.85. The number of guanidine groups is 1. The zero-order valence-corrected chi connectivity index (χ0v) is 17.5. The third-order valence-corrected chi connectivity index (χ3v) is 4.81. The smallest absolute Gasteiger partial charge is 0.251 e. The van der Waals surface area contributed by atoms with Gasteiger partial charge in [0.15, 0.2) is 5.96 Å². The third-order valence-electron chi connectivity index (χ3n) is 4.81. The summed E-state index contributed by atoms with van der Waals surface area (Å²) in [5, 5.41) is 9.74. The molecule has 1 aliphatic heterocycles. The lowest BCUT2D eigenvalue weighted by Gasteiger charge is -2.32. The first-order chi connectivity index (χ1) is 13.7. The van der Waals surface area contributed by atoms with Crippen molar-refractivity contribution in [3.05, 3.63) is 29.8 Å². The molecule has 1 amide bonds. The second kappa shape index (κ2) is 12.2. The molecule has 0 aromatic heterocycles. The number of hydrogen-bond acceptors (Lipinski definition) is 4. The molecule has 28 heavy (non-hydrogen) atoms. The van der Waals surface area contributed by atoms with Crippen LogP contribution in [0.5, 0.6) is 5.75 Å². The maximum Gasteiger partial charge on any atom is 0.251 e. The predicted molar refractivity (Wildman–Crippen MR) is 114 cm³/mol. The van der Waals surface area contributed by atoms with Crippen molar-refractivity contribution in [1.29, 1.82) is 0 Å². The first kappa shape index (κ1) is 22.0. The monoisotopic (exact) mass is 389 g/mol. The zero-order chi connectivity index (χ0) is 20.2. The Bertz CT molecular complexity index is 627. The summed E-state index contributed by atoms with van der Waals surface area (Å²) in [7, 11) is 1.59. The van der Waals surface area contributed by atoms with E-state index in [2.05, 4.69) is 39.7 Å². The Labute approximate surface area is 168 Å². The van der Waals surface area contributed by atoms with E-state index in [-0.39, 0.29) is 5.91 Å². The third kappa shape index (κ3) is 7.38. The van der Waals surface area contributed by atoms with Crippen LogP contribution in [0.2, 0.25) is 0 Å². The van der Waals surface area contributed by atoms with Crippen LogP contribution in [0.25, 0.3) is 0 Å². The van der Waals surface area contributed by atoms with E-state index in [1.165, 1.54) is 13.0 Å². The van der Waals surface area contributed by atoms with E-state index < -0.39 is 0 Å². The van der Waals surface area contributed by atoms with E-state index >= 15 is 0 Å². The van der Waals surface area contributed by atoms with Crippen LogP contribution in [0.4, 0.5) is 0 Å². The fraction of sp³-hybridized carbons (Fsp3) is 0.619. The van der Waals surface area contributed by atoms with E-state index in [9.17, 15) is 4.79 Å².